The number of rotatable bonds is 5. The van der Waals surface area contributed by atoms with Gasteiger partial charge in [-0.2, -0.15) is 11.8 Å². The van der Waals surface area contributed by atoms with Crippen LogP contribution in [-0.4, -0.2) is 37.4 Å². The van der Waals surface area contributed by atoms with Gasteiger partial charge in [0.1, 0.15) is 5.75 Å². The van der Waals surface area contributed by atoms with Crippen LogP contribution in [0.5, 0.6) is 5.75 Å². The van der Waals surface area contributed by atoms with Crippen molar-refractivity contribution >= 4 is 17.8 Å². The van der Waals surface area contributed by atoms with Crippen molar-refractivity contribution in [1.82, 2.24) is 0 Å². The van der Waals surface area contributed by atoms with Gasteiger partial charge < -0.3 is 14.2 Å². The van der Waals surface area contributed by atoms with Crippen molar-refractivity contribution in [2.24, 2.45) is 0 Å². The summed E-state index contributed by atoms with van der Waals surface area (Å²) in [6.07, 6.45) is 4.09. The standard InChI is InChI=1S/C16H17F3O3S/c1-23-14-10-20-15(21-11-14)5-3-2-4-12-6-8-13(9-7-12)22-16(17,18)19/h2-9,14-15H,10-11H2,1H3. The molecule has 23 heavy (non-hydrogen) atoms. The Kier molecular flexibility index (Phi) is 6.56. The molecule has 0 saturated carbocycles. The number of halogens is 3. The van der Waals surface area contributed by atoms with Gasteiger partial charge >= 0.3 is 6.36 Å². The van der Waals surface area contributed by atoms with Crippen molar-refractivity contribution < 1.29 is 27.4 Å². The SMILES string of the molecule is CSC1COC(C=CC=Cc2ccc(OC(F)(F)F)cc2)OC1. The maximum Gasteiger partial charge on any atom is 0.573 e. The Balaban J connectivity index is 1.80. The summed E-state index contributed by atoms with van der Waals surface area (Å²) < 4.78 is 51.0. The lowest BCUT2D eigenvalue weighted by Gasteiger charge is -2.26. The number of benzene rings is 1. The van der Waals surface area contributed by atoms with Crippen LogP contribution in [-0.2, 0) is 9.47 Å². The number of hydrogen-bond donors (Lipinski definition) is 0. The number of hydrogen-bond acceptors (Lipinski definition) is 4. The first kappa shape index (κ1) is 17.9. The summed E-state index contributed by atoms with van der Waals surface area (Å²) in [5, 5.41) is 0.368. The molecule has 7 heteroatoms. The van der Waals surface area contributed by atoms with Gasteiger partial charge in [0.25, 0.3) is 0 Å². The van der Waals surface area contributed by atoms with Gasteiger partial charge in [0, 0.05) is 0 Å². The van der Waals surface area contributed by atoms with Crippen LogP contribution in [0.2, 0.25) is 0 Å². The van der Waals surface area contributed by atoms with Gasteiger partial charge in [0.05, 0.1) is 18.5 Å². The van der Waals surface area contributed by atoms with E-state index >= 15 is 0 Å². The fourth-order valence-corrected chi connectivity index (χ4v) is 2.28. The van der Waals surface area contributed by atoms with Gasteiger partial charge in [-0.15, -0.1) is 13.2 Å². The molecule has 0 atom stereocenters. The van der Waals surface area contributed by atoms with Gasteiger partial charge in [-0.05, 0) is 30.0 Å². The van der Waals surface area contributed by atoms with Gasteiger partial charge in [0.15, 0.2) is 6.29 Å². The normalized spacial score (nSPS) is 22.8. The third kappa shape index (κ3) is 6.68. The smallest absolute Gasteiger partial charge is 0.406 e. The van der Waals surface area contributed by atoms with Gasteiger partial charge in [-0.1, -0.05) is 30.4 Å². The number of allylic oxidation sites excluding steroid dienone is 2. The fraction of sp³-hybridized carbons (Fsp3) is 0.375. The molecule has 0 aliphatic carbocycles. The average Bonchev–Trinajstić information content (AvgIpc) is 2.52. The van der Waals surface area contributed by atoms with Crippen molar-refractivity contribution in [3.8, 4) is 5.75 Å². The molecule has 126 valence electrons. The third-order valence-electron chi connectivity index (χ3n) is 3.01. The molecule has 0 aromatic heterocycles. The van der Waals surface area contributed by atoms with E-state index in [-0.39, 0.29) is 12.0 Å². The quantitative estimate of drug-likeness (QED) is 0.745. The van der Waals surface area contributed by atoms with Crippen molar-refractivity contribution in [2.45, 2.75) is 17.9 Å². The monoisotopic (exact) mass is 346 g/mol. The highest BCUT2D eigenvalue weighted by atomic mass is 32.2. The first-order chi connectivity index (χ1) is 11.0. The van der Waals surface area contributed by atoms with E-state index in [0.29, 0.717) is 18.5 Å². The predicted molar refractivity (Wildman–Crippen MR) is 84.3 cm³/mol. The zero-order valence-corrected chi connectivity index (χ0v) is 13.3. The second-order valence-corrected chi connectivity index (χ2v) is 5.89. The minimum atomic E-state index is -4.67. The highest BCUT2D eigenvalue weighted by molar-refractivity contribution is 7.99. The first-order valence-electron chi connectivity index (χ1n) is 6.93. The van der Waals surface area contributed by atoms with Crippen LogP contribution in [0.25, 0.3) is 6.08 Å². The second-order valence-electron chi connectivity index (χ2n) is 4.75. The predicted octanol–water partition coefficient (Wildman–Crippen LogP) is 4.26. The molecular weight excluding hydrogens is 329 g/mol. The molecule has 1 heterocycles. The van der Waals surface area contributed by atoms with E-state index in [1.165, 1.54) is 12.1 Å². The molecule has 0 unspecified atom stereocenters. The van der Waals surface area contributed by atoms with E-state index in [1.54, 1.807) is 48.2 Å². The van der Waals surface area contributed by atoms with Gasteiger partial charge in [-0.25, -0.2) is 0 Å². The van der Waals surface area contributed by atoms with Crippen molar-refractivity contribution in [3.63, 3.8) is 0 Å². The molecule has 1 aliphatic heterocycles. The average molecular weight is 346 g/mol. The Morgan fingerprint density at radius 2 is 1.78 bits per heavy atom. The number of ether oxygens (including phenoxy) is 3. The highest BCUT2D eigenvalue weighted by Crippen LogP contribution is 2.23. The maximum atomic E-state index is 12.0. The Bertz CT molecular complexity index is 532. The summed E-state index contributed by atoms with van der Waals surface area (Å²) in [6.45, 7) is 1.31. The van der Waals surface area contributed by atoms with Gasteiger partial charge in [-0.3, -0.25) is 0 Å². The summed E-state index contributed by atoms with van der Waals surface area (Å²) in [7, 11) is 0. The fourth-order valence-electron chi connectivity index (χ4n) is 1.85. The zero-order chi connectivity index (χ0) is 16.7. The summed E-state index contributed by atoms with van der Waals surface area (Å²) in [4.78, 5) is 0. The van der Waals surface area contributed by atoms with E-state index in [1.807, 2.05) is 6.26 Å². The number of alkyl halides is 3. The van der Waals surface area contributed by atoms with E-state index in [9.17, 15) is 13.2 Å². The van der Waals surface area contributed by atoms with Crippen molar-refractivity contribution in [1.29, 1.82) is 0 Å². The molecule has 0 bridgehead atoms. The molecular formula is C16H17F3O3S. The Hall–Kier alpha value is -1.44. The van der Waals surface area contributed by atoms with E-state index < -0.39 is 6.36 Å². The van der Waals surface area contributed by atoms with Crippen LogP contribution in [0.1, 0.15) is 5.56 Å². The van der Waals surface area contributed by atoms with Crippen LogP contribution in [0.15, 0.2) is 42.5 Å². The molecule has 1 aromatic carbocycles. The molecule has 3 nitrogen and oxygen atoms in total. The molecule has 0 radical (unpaired) electrons. The van der Waals surface area contributed by atoms with Crippen LogP contribution in [0, 0.1) is 0 Å². The minimum absolute atomic E-state index is 0.238. The van der Waals surface area contributed by atoms with Gasteiger partial charge in [0.2, 0.25) is 0 Å². The number of thioether (sulfide) groups is 1. The van der Waals surface area contributed by atoms with E-state index in [2.05, 4.69) is 4.74 Å². The Labute approximate surface area is 137 Å². The van der Waals surface area contributed by atoms with Crippen LogP contribution >= 0.6 is 11.8 Å². The molecule has 2 rings (SSSR count). The summed E-state index contributed by atoms with van der Waals surface area (Å²) >= 11 is 1.71. The molecule has 1 saturated heterocycles. The molecule has 0 spiro atoms. The van der Waals surface area contributed by atoms with Crippen LogP contribution in [0.4, 0.5) is 13.2 Å². The topological polar surface area (TPSA) is 27.7 Å². The summed E-state index contributed by atoms with van der Waals surface area (Å²) in [5.41, 5.74) is 0.761. The minimum Gasteiger partial charge on any atom is -0.406 e. The van der Waals surface area contributed by atoms with Crippen molar-refractivity contribution in [2.75, 3.05) is 19.5 Å². The maximum absolute atomic E-state index is 12.0. The Morgan fingerprint density at radius 1 is 1.13 bits per heavy atom. The van der Waals surface area contributed by atoms with Crippen LogP contribution < -0.4 is 4.74 Å². The molecule has 1 fully saturated rings. The largest absolute Gasteiger partial charge is 0.573 e. The lowest BCUT2D eigenvalue weighted by molar-refractivity contribution is -0.274. The third-order valence-corrected chi connectivity index (χ3v) is 3.95. The lowest BCUT2D eigenvalue weighted by atomic mass is 10.2. The summed E-state index contributed by atoms with van der Waals surface area (Å²) in [5.74, 6) is -0.238. The van der Waals surface area contributed by atoms with Crippen molar-refractivity contribution in [3.05, 3.63) is 48.1 Å². The molecule has 1 aromatic rings. The molecule has 0 N–H and O–H groups in total. The first-order valence-corrected chi connectivity index (χ1v) is 8.22. The van der Waals surface area contributed by atoms with E-state index in [4.69, 9.17) is 9.47 Å². The zero-order valence-electron chi connectivity index (χ0n) is 12.5. The van der Waals surface area contributed by atoms with Crippen LogP contribution in [0.3, 0.4) is 0 Å². The lowest BCUT2D eigenvalue weighted by Crippen LogP contribution is -2.32. The summed E-state index contributed by atoms with van der Waals surface area (Å²) in [6, 6.07) is 5.63. The molecule has 0 amide bonds. The molecule has 1 aliphatic rings. The second kappa shape index (κ2) is 8.42. The highest BCUT2D eigenvalue weighted by Gasteiger charge is 2.30. The Morgan fingerprint density at radius 3 is 2.35 bits per heavy atom. The van der Waals surface area contributed by atoms with E-state index in [0.717, 1.165) is 5.56 Å².